The Balaban J connectivity index is 1.94. The first-order chi connectivity index (χ1) is 12.0. The smallest absolute Gasteiger partial charge is 0.233 e. The van der Waals surface area contributed by atoms with E-state index in [0.717, 1.165) is 12.0 Å². The average molecular weight is 355 g/mol. The van der Waals surface area contributed by atoms with Crippen LogP contribution in [-0.2, 0) is 28.6 Å². The number of benzene rings is 1. The second-order valence-corrected chi connectivity index (χ2v) is 7.17. The van der Waals surface area contributed by atoms with Crippen LogP contribution in [0.25, 0.3) is 0 Å². The summed E-state index contributed by atoms with van der Waals surface area (Å²) in [6, 6.07) is 9.05. The van der Waals surface area contributed by atoms with Crippen LogP contribution in [0.15, 0.2) is 29.4 Å². The molecule has 1 aliphatic rings. The quantitative estimate of drug-likeness (QED) is 0.814. The molecule has 0 fully saturated rings. The SMILES string of the molecule is CCCS(=O)c1nc(N)c2c(n1)N(Cc1ccc(C#N)cc1)C(=O)C2. The molecular formula is C17H17N5O2S. The minimum absolute atomic E-state index is 0.126. The zero-order valence-electron chi connectivity index (χ0n) is 13.7. The Morgan fingerprint density at radius 3 is 2.68 bits per heavy atom. The number of rotatable bonds is 5. The molecule has 25 heavy (non-hydrogen) atoms. The number of anilines is 2. The van der Waals surface area contributed by atoms with Crippen LogP contribution in [0.5, 0.6) is 0 Å². The van der Waals surface area contributed by atoms with Crippen LogP contribution in [0.2, 0.25) is 0 Å². The lowest BCUT2D eigenvalue weighted by atomic mass is 10.1. The van der Waals surface area contributed by atoms with Gasteiger partial charge in [0.2, 0.25) is 11.1 Å². The van der Waals surface area contributed by atoms with Crippen LogP contribution in [0, 0.1) is 11.3 Å². The Bertz CT molecular complexity index is 889. The molecule has 0 bridgehead atoms. The summed E-state index contributed by atoms with van der Waals surface area (Å²) < 4.78 is 12.2. The minimum atomic E-state index is -1.34. The van der Waals surface area contributed by atoms with Crippen molar-refractivity contribution in [2.24, 2.45) is 0 Å². The van der Waals surface area contributed by atoms with Gasteiger partial charge in [0.05, 0.1) is 35.4 Å². The fourth-order valence-corrected chi connectivity index (χ4v) is 3.58. The van der Waals surface area contributed by atoms with Gasteiger partial charge in [-0.25, -0.2) is 9.97 Å². The lowest BCUT2D eigenvalue weighted by Gasteiger charge is -2.17. The lowest BCUT2D eigenvalue weighted by Crippen LogP contribution is -2.27. The summed E-state index contributed by atoms with van der Waals surface area (Å²) >= 11 is 0. The number of nitriles is 1. The molecule has 1 amide bonds. The van der Waals surface area contributed by atoms with Crippen LogP contribution in [0.1, 0.15) is 30.0 Å². The van der Waals surface area contributed by atoms with Gasteiger partial charge >= 0.3 is 0 Å². The monoisotopic (exact) mass is 355 g/mol. The summed E-state index contributed by atoms with van der Waals surface area (Å²) in [7, 11) is -1.34. The number of carbonyl (C=O) groups excluding carboxylic acids is 1. The second-order valence-electron chi connectivity index (χ2n) is 5.71. The Hall–Kier alpha value is -2.79. The van der Waals surface area contributed by atoms with E-state index in [0.29, 0.717) is 29.2 Å². The molecular weight excluding hydrogens is 338 g/mol. The van der Waals surface area contributed by atoms with E-state index in [2.05, 4.69) is 16.0 Å². The predicted octanol–water partition coefficient (Wildman–Crippen LogP) is 1.54. The van der Waals surface area contributed by atoms with E-state index in [1.165, 1.54) is 4.90 Å². The third-order valence-corrected chi connectivity index (χ3v) is 5.27. The Kier molecular flexibility index (Phi) is 4.76. The largest absolute Gasteiger partial charge is 0.383 e. The fraction of sp³-hybridized carbons (Fsp3) is 0.294. The summed E-state index contributed by atoms with van der Waals surface area (Å²) in [4.78, 5) is 22.4. The van der Waals surface area contributed by atoms with Gasteiger partial charge in [-0.3, -0.25) is 13.9 Å². The number of nitrogen functional groups attached to an aromatic ring is 1. The highest BCUT2D eigenvalue weighted by atomic mass is 32.2. The van der Waals surface area contributed by atoms with Gasteiger partial charge in [0.15, 0.2) is 0 Å². The van der Waals surface area contributed by atoms with Gasteiger partial charge < -0.3 is 5.73 Å². The molecule has 1 aromatic carbocycles. The molecule has 1 unspecified atom stereocenters. The van der Waals surface area contributed by atoms with E-state index in [1.807, 2.05) is 6.92 Å². The van der Waals surface area contributed by atoms with Crippen molar-refractivity contribution >= 4 is 28.3 Å². The molecule has 2 aromatic rings. The van der Waals surface area contributed by atoms with Crippen molar-refractivity contribution in [3.8, 4) is 6.07 Å². The van der Waals surface area contributed by atoms with E-state index in [-0.39, 0.29) is 23.3 Å². The van der Waals surface area contributed by atoms with E-state index in [1.54, 1.807) is 24.3 Å². The molecule has 3 rings (SSSR count). The summed E-state index contributed by atoms with van der Waals surface area (Å²) in [6.45, 7) is 2.24. The molecule has 1 aromatic heterocycles. The van der Waals surface area contributed by atoms with Crippen LogP contribution in [0.4, 0.5) is 11.6 Å². The van der Waals surface area contributed by atoms with Gasteiger partial charge in [0.25, 0.3) is 0 Å². The van der Waals surface area contributed by atoms with Gasteiger partial charge in [0, 0.05) is 11.3 Å². The first kappa shape index (κ1) is 17.0. The summed E-state index contributed by atoms with van der Waals surface area (Å²) in [5.41, 5.74) is 7.97. The van der Waals surface area contributed by atoms with E-state index < -0.39 is 10.8 Å². The second kappa shape index (κ2) is 6.99. The van der Waals surface area contributed by atoms with Gasteiger partial charge in [-0.2, -0.15) is 5.26 Å². The molecule has 1 aliphatic heterocycles. The van der Waals surface area contributed by atoms with Gasteiger partial charge in [-0.05, 0) is 24.1 Å². The van der Waals surface area contributed by atoms with Crippen molar-refractivity contribution in [3.05, 3.63) is 41.0 Å². The molecule has 8 heteroatoms. The topological polar surface area (TPSA) is 113 Å². The summed E-state index contributed by atoms with van der Waals surface area (Å²) in [5.74, 6) is 0.960. The third-order valence-electron chi connectivity index (χ3n) is 3.90. The van der Waals surface area contributed by atoms with E-state index >= 15 is 0 Å². The van der Waals surface area contributed by atoms with Crippen LogP contribution >= 0.6 is 0 Å². The normalized spacial score (nSPS) is 14.2. The number of hydrogen-bond donors (Lipinski definition) is 1. The molecule has 7 nitrogen and oxygen atoms in total. The van der Waals surface area contributed by atoms with Crippen molar-refractivity contribution in [1.29, 1.82) is 5.26 Å². The number of aromatic nitrogens is 2. The Labute approximate surface area is 148 Å². The maximum atomic E-state index is 12.4. The number of hydrogen-bond acceptors (Lipinski definition) is 6. The van der Waals surface area contributed by atoms with Crippen LogP contribution < -0.4 is 10.6 Å². The molecule has 0 radical (unpaired) electrons. The highest BCUT2D eigenvalue weighted by molar-refractivity contribution is 7.84. The maximum absolute atomic E-state index is 12.4. The van der Waals surface area contributed by atoms with Gasteiger partial charge in [0.1, 0.15) is 11.6 Å². The first-order valence-corrected chi connectivity index (χ1v) is 9.19. The Morgan fingerprint density at radius 2 is 2.04 bits per heavy atom. The van der Waals surface area contributed by atoms with Crippen molar-refractivity contribution in [2.75, 3.05) is 16.4 Å². The molecule has 2 heterocycles. The lowest BCUT2D eigenvalue weighted by molar-refractivity contribution is -0.117. The molecule has 0 spiro atoms. The molecule has 0 aliphatic carbocycles. The Morgan fingerprint density at radius 1 is 1.32 bits per heavy atom. The van der Waals surface area contributed by atoms with E-state index in [9.17, 15) is 9.00 Å². The molecule has 0 saturated carbocycles. The number of nitrogens with two attached hydrogens (primary N) is 1. The molecule has 128 valence electrons. The van der Waals surface area contributed by atoms with Crippen LogP contribution in [0.3, 0.4) is 0 Å². The minimum Gasteiger partial charge on any atom is -0.383 e. The van der Waals surface area contributed by atoms with Crippen molar-refractivity contribution in [1.82, 2.24) is 9.97 Å². The van der Waals surface area contributed by atoms with Crippen molar-refractivity contribution < 1.29 is 9.00 Å². The maximum Gasteiger partial charge on any atom is 0.233 e. The number of fused-ring (bicyclic) bond motifs is 1. The zero-order valence-corrected chi connectivity index (χ0v) is 14.5. The molecule has 0 saturated heterocycles. The summed E-state index contributed by atoms with van der Waals surface area (Å²) in [5, 5.41) is 9.03. The molecule has 1 atom stereocenters. The number of carbonyl (C=O) groups is 1. The average Bonchev–Trinajstić information content (AvgIpc) is 2.92. The molecule has 2 N–H and O–H groups in total. The van der Waals surface area contributed by atoms with Gasteiger partial charge in [-0.15, -0.1) is 0 Å². The zero-order chi connectivity index (χ0) is 18.0. The van der Waals surface area contributed by atoms with Crippen LogP contribution in [-0.4, -0.2) is 25.8 Å². The standard InChI is InChI=1S/C17H17N5O2S/c1-2-7-25(24)17-20-15(19)13-8-14(23)22(16(13)21-17)10-12-5-3-11(9-18)4-6-12/h3-6H,2,7-8,10H2,1H3,(H2,19,20,21). The highest BCUT2D eigenvalue weighted by Gasteiger charge is 2.32. The third kappa shape index (κ3) is 3.37. The predicted molar refractivity (Wildman–Crippen MR) is 94.1 cm³/mol. The summed E-state index contributed by atoms with van der Waals surface area (Å²) in [6.07, 6.45) is 0.874. The number of amides is 1. The van der Waals surface area contributed by atoms with Gasteiger partial charge in [-0.1, -0.05) is 19.1 Å². The van der Waals surface area contributed by atoms with Crippen molar-refractivity contribution in [2.45, 2.75) is 31.5 Å². The first-order valence-electron chi connectivity index (χ1n) is 7.87. The van der Waals surface area contributed by atoms with Crippen molar-refractivity contribution in [3.63, 3.8) is 0 Å². The highest BCUT2D eigenvalue weighted by Crippen LogP contribution is 2.32. The fourth-order valence-electron chi connectivity index (χ4n) is 2.63. The number of nitrogens with zero attached hydrogens (tertiary/aromatic N) is 4. The van der Waals surface area contributed by atoms with E-state index in [4.69, 9.17) is 11.0 Å².